The zero-order valence-corrected chi connectivity index (χ0v) is 10.4. The average molecular weight is 265 g/mol. The first-order chi connectivity index (χ1) is 8.63. The minimum Gasteiger partial charge on any atom is -0.391 e. The lowest BCUT2D eigenvalue weighted by molar-refractivity contribution is 0.0770. The van der Waals surface area contributed by atoms with E-state index in [1.54, 1.807) is 17.0 Å². The molecule has 1 aliphatic rings. The fourth-order valence-electron chi connectivity index (χ4n) is 2.19. The minimum absolute atomic E-state index is 0.0758. The van der Waals surface area contributed by atoms with Crippen LogP contribution in [-0.4, -0.2) is 35.1 Å². The van der Waals surface area contributed by atoms with Crippen LogP contribution in [0, 0.1) is 5.82 Å². The summed E-state index contributed by atoms with van der Waals surface area (Å²) >= 11 is 1.29. The van der Waals surface area contributed by atoms with Gasteiger partial charge in [0, 0.05) is 17.8 Å². The molecular weight excluding hydrogens is 253 g/mol. The van der Waals surface area contributed by atoms with Crippen molar-refractivity contribution in [3.63, 3.8) is 0 Å². The number of carbonyl (C=O) groups is 1. The molecule has 1 aliphatic heterocycles. The molecular formula is C13H12FNO2S. The summed E-state index contributed by atoms with van der Waals surface area (Å²) in [7, 11) is 0. The van der Waals surface area contributed by atoms with Crippen molar-refractivity contribution in [1.82, 2.24) is 4.90 Å². The number of aliphatic hydroxyl groups excluding tert-OH is 1. The zero-order valence-electron chi connectivity index (χ0n) is 9.60. The second kappa shape index (κ2) is 4.33. The van der Waals surface area contributed by atoms with Crippen LogP contribution in [0.15, 0.2) is 24.3 Å². The van der Waals surface area contributed by atoms with Crippen molar-refractivity contribution < 1.29 is 14.3 Å². The van der Waals surface area contributed by atoms with Crippen LogP contribution in [0.1, 0.15) is 16.1 Å². The third kappa shape index (κ3) is 2.00. The Morgan fingerprint density at radius 2 is 2.28 bits per heavy atom. The second-order valence-electron chi connectivity index (χ2n) is 4.49. The van der Waals surface area contributed by atoms with Gasteiger partial charge >= 0.3 is 0 Å². The number of fused-ring (bicyclic) bond motifs is 1. The maximum absolute atomic E-state index is 13.1. The van der Waals surface area contributed by atoms with E-state index in [4.69, 9.17) is 0 Å². The minimum atomic E-state index is -0.416. The van der Waals surface area contributed by atoms with Gasteiger partial charge in [0.1, 0.15) is 5.82 Å². The highest BCUT2D eigenvalue weighted by molar-refractivity contribution is 7.20. The molecule has 0 unspecified atom stereocenters. The molecule has 5 heteroatoms. The highest BCUT2D eigenvalue weighted by Gasteiger charge is 2.26. The molecule has 0 saturated carbocycles. The summed E-state index contributed by atoms with van der Waals surface area (Å²) in [6.45, 7) is 0.976. The van der Waals surface area contributed by atoms with Crippen molar-refractivity contribution in [2.45, 2.75) is 12.5 Å². The van der Waals surface area contributed by atoms with Gasteiger partial charge in [-0.2, -0.15) is 0 Å². The van der Waals surface area contributed by atoms with E-state index in [0.29, 0.717) is 24.4 Å². The monoisotopic (exact) mass is 265 g/mol. The molecule has 0 bridgehead atoms. The van der Waals surface area contributed by atoms with Crippen LogP contribution in [0.5, 0.6) is 0 Å². The molecule has 2 aromatic rings. The Bertz CT molecular complexity index is 610. The van der Waals surface area contributed by atoms with Crippen LogP contribution in [0.4, 0.5) is 4.39 Å². The predicted molar refractivity (Wildman–Crippen MR) is 68.3 cm³/mol. The first kappa shape index (κ1) is 11.6. The molecule has 3 nitrogen and oxygen atoms in total. The SMILES string of the molecule is O=C(c1cc2ccc(F)cc2s1)N1CC[C@H](O)C1. The lowest BCUT2D eigenvalue weighted by atomic mass is 10.2. The Morgan fingerprint density at radius 3 is 3.00 bits per heavy atom. The highest BCUT2D eigenvalue weighted by atomic mass is 32.1. The number of benzene rings is 1. The summed E-state index contributed by atoms with van der Waals surface area (Å²) in [4.78, 5) is 14.4. The Morgan fingerprint density at radius 1 is 1.44 bits per heavy atom. The maximum atomic E-state index is 13.1. The number of aliphatic hydroxyl groups is 1. The molecule has 1 amide bonds. The van der Waals surface area contributed by atoms with Gasteiger partial charge in [0.15, 0.2) is 0 Å². The van der Waals surface area contributed by atoms with Crippen molar-refractivity contribution in [3.05, 3.63) is 35.0 Å². The third-order valence-electron chi connectivity index (χ3n) is 3.14. The van der Waals surface area contributed by atoms with E-state index in [9.17, 15) is 14.3 Å². The summed E-state index contributed by atoms with van der Waals surface area (Å²) in [5, 5.41) is 10.3. The summed E-state index contributed by atoms with van der Waals surface area (Å²) in [5.41, 5.74) is 0. The third-order valence-corrected chi connectivity index (χ3v) is 4.23. The smallest absolute Gasteiger partial charge is 0.264 e. The van der Waals surface area contributed by atoms with Crippen LogP contribution in [0.25, 0.3) is 10.1 Å². The largest absolute Gasteiger partial charge is 0.391 e. The van der Waals surface area contributed by atoms with Crippen LogP contribution < -0.4 is 0 Å². The van der Waals surface area contributed by atoms with E-state index in [1.165, 1.54) is 23.5 Å². The molecule has 0 aliphatic carbocycles. The quantitative estimate of drug-likeness (QED) is 0.859. The van der Waals surface area contributed by atoms with Crippen molar-refractivity contribution >= 4 is 27.3 Å². The first-order valence-electron chi connectivity index (χ1n) is 5.80. The van der Waals surface area contributed by atoms with Gasteiger partial charge in [0.2, 0.25) is 0 Å². The summed E-state index contributed by atoms with van der Waals surface area (Å²) in [5.74, 6) is -0.367. The lowest BCUT2D eigenvalue weighted by Gasteiger charge is -2.13. The summed E-state index contributed by atoms with van der Waals surface area (Å²) in [6, 6.07) is 6.29. The predicted octanol–water partition coefficient (Wildman–Crippen LogP) is 2.25. The highest BCUT2D eigenvalue weighted by Crippen LogP contribution is 2.28. The second-order valence-corrected chi connectivity index (χ2v) is 5.57. The standard InChI is InChI=1S/C13H12FNO2S/c14-9-2-1-8-5-12(18-11(8)6-9)13(17)15-4-3-10(16)7-15/h1-2,5-6,10,16H,3-4,7H2/t10-/m0/s1. The number of hydrogen-bond acceptors (Lipinski definition) is 3. The molecule has 94 valence electrons. The lowest BCUT2D eigenvalue weighted by Crippen LogP contribution is -2.28. The Hall–Kier alpha value is -1.46. The number of halogens is 1. The zero-order chi connectivity index (χ0) is 12.7. The molecule has 1 fully saturated rings. The summed E-state index contributed by atoms with van der Waals surface area (Å²) < 4.78 is 13.9. The number of likely N-dealkylation sites (tertiary alicyclic amines) is 1. The number of carbonyl (C=O) groups excluding carboxylic acids is 1. The molecule has 1 saturated heterocycles. The van der Waals surface area contributed by atoms with Crippen LogP contribution >= 0.6 is 11.3 Å². The van der Waals surface area contributed by atoms with Crippen molar-refractivity contribution in [3.8, 4) is 0 Å². The van der Waals surface area contributed by atoms with Gasteiger partial charge in [-0.3, -0.25) is 4.79 Å². The molecule has 0 spiro atoms. The average Bonchev–Trinajstić information content (AvgIpc) is 2.93. The van der Waals surface area contributed by atoms with Gasteiger partial charge in [0.25, 0.3) is 5.91 Å². The molecule has 2 heterocycles. The van der Waals surface area contributed by atoms with Gasteiger partial charge in [-0.15, -0.1) is 11.3 Å². The van der Waals surface area contributed by atoms with Gasteiger partial charge in [-0.1, -0.05) is 6.07 Å². The van der Waals surface area contributed by atoms with Crippen LogP contribution in [0.3, 0.4) is 0 Å². The number of rotatable bonds is 1. The van der Waals surface area contributed by atoms with Gasteiger partial charge < -0.3 is 10.0 Å². The van der Waals surface area contributed by atoms with Crippen molar-refractivity contribution in [2.24, 2.45) is 0 Å². The Labute approximate surface area is 107 Å². The number of nitrogens with zero attached hydrogens (tertiary/aromatic N) is 1. The molecule has 0 radical (unpaired) electrons. The van der Waals surface area contributed by atoms with E-state index in [-0.39, 0.29) is 11.7 Å². The van der Waals surface area contributed by atoms with Crippen LogP contribution in [0.2, 0.25) is 0 Å². The fourth-order valence-corrected chi connectivity index (χ4v) is 3.25. The Balaban J connectivity index is 1.92. The van der Waals surface area contributed by atoms with Gasteiger partial charge in [-0.25, -0.2) is 4.39 Å². The van der Waals surface area contributed by atoms with Crippen LogP contribution in [-0.2, 0) is 0 Å². The van der Waals surface area contributed by atoms with Gasteiger partial charge in [0.05, 0.1) is 11.0 Å². The number of β-amino-alcohol motifs (C(OH)–C–C–N with tert-alkyl or cyclic N) is 1. The van der Waals surface area contributed by atoms with Crippen molar-refractivity contribution in [2.75, 3.05) is 13.1 Å². The molecule has 1 N–H and O–H groups in total. The first-order valence-corrected chi connectivity index (χ1v) is 6.61. The number of thiophene rings is 1. The molecule has 1 aromatic heterocycles. The fraction of sp³-hybridized carbons (Fsp3) is 0.308. The van der Waals surface area contributed by atoms with E-state index in [2.05, 4.69) is 0 Å². The van der Waals surface area contributed by atoms with Crippen molar-refractivity contribution in [1.29, 1.82) is 0 Å². The van der Waals surface area contributed by atoms with E-state index < -0.39 is 6.10 Å². The number of hydrogen-bond donors (Lipinski definition) is 1. The maximum Gasteiger partial charge on any atom is 0.264 e. The Kier molecular flexibility index (Phi) is 2.80. The van der Waals surface area contributed by atoms with Gasteiger partial charge in [-0.05, 0) is 30.0 Å². The molecule has 18 heavy (non-hydrogen) atoms. The van der Waals surface area contributed by atoms with E-state index >= 15 is 0 Å². The van der Waals surface area contributed by atoms with E-state index in [1.807, 2.05) is 0 Å². The normalized spacial score (nSPS) is 19.7. The molecule has 1 aromatic carbocycles. The topological polar surface area (TPSA) is 40.5 Å². The summed E-state index contributed by atoms with van der Waals surface area (Å²) in [6.07, 6.45) is 0.214. The molecule has 3 rings (SSSR count). The van der Waals surface area contributed by atoms with E-state index in [0.717, 1.165) is 10.1 Å². The number of amides is 1. The molecule has 1 atom stereocenters.